The van der Waals surface area contributed by atoms with E-state index in [0.717, 1.165) is 35.3 Å². The Bertz CT molecular complexity index is 1050. The molecular weight excluding hydrogens is 388 g/mol. The second-order valence-electron chi connectivity index (χ2n) is 7.29. The Balaban J connectivity index is 1.38. The summed E-state index contributed by atoms with van der Waals surface area (Å²) in [4.78, 5) is 25.7. The molecule has 0 saturated carbocycles. The third kappa shape index (κ3) is 4.03. The van der Waals surface area contributed by atoms with Crippen LogP contribution in [-0.4, -0.2) is 25.1 Å². The van der Waals surface area contributed by atoms with Gasteiger partial charge in [-0.3, -0.25) is 4.79 Å². The van der Waals surface area contributed by atoms with Gasteiger partial charge in [-0.1, -0.05) is 25.1 Å². The summed E-state index contributed by atoms with van der Waals surface area (Å²) >= 11 is 1.45. The Hall–Kier alpha value is -3.11. The van der Waals surface area contributed by atoms with Crippen molar-refractivity contribution in [1.82, 2.24) is 0 Å². The van der Waals surface area contributed by atoms with E-state index in [2.05, 4.69) is 18.3 Å². The van der Waals surface area contributed by atoms with Crippen LogP contribution in [0.25, 0.3) is 6.08 Å². The molecule has 2 aliphatic rings. The van der Waals surface area contributed by atoms with Crippen molar-refractivity contribution in [3.05, 3.63) is 51.4 Å². The molecule has 148 valence electrons. The molecule has 0 radical (unpaired) electrons. The van der Waals surface area contributed by atoms with Crippen LogP contribution in [0.4, 0.5) is 5.00 Å². The fourth-order valence-electron chi connectivity index (χ4n) is 3.58. The van der Waals surface area contributed by atoms with Gasteiger partial charge in [0.05, 0.1) is 11.1 Å². The van der Waals surface area contributed by atoms with Gasteiger partial charge in [0.1, 0.15) is 23.4 Å². The summed E-state index contributed by atoms with van der Waals surface area (Å²) in [6.45, 7) is 1.88. The van der Waals surface area contributed by atoms with Crippen molar-refractivity contribution in [1.29, 1.82) is 5.26 Å². The molecule has 0 unspecified atom stereocenters. The monoisotopic (exact) mass is 408 g/mol. The largest absolute Gasteiger partial charge is 0.488 e. The number of nitrogens with zero attached hydrogens (tertiary/aromatic N) is 1. The van der Waals surface area contributed by atoms with Crippen LogP contribution in [0.2, 0.25) is 0 Å². The first-order chi connectivity index (χ1) is 14.0. The maximum Gasteiger partial charge on any atom is 0.338 e. The summed E-state index contributed by atoms with van der Waals surface area (Å²) in [5.74, 6) is 0.240. The number of anilines is 1. The van der Waals surface area contributed by atoms with Crippen molar-refractivity contribution in [2.75, 3.05) is 18.5 Å². The van der Waals surface area contributed by atoms with Crippen molar-refractivity contribution in [3.8, 4) is 11.8 Å². The van der Waals surface area contributed by atoms with Crippen molar-refractivity contribution in [3.63, 3.8) is 0 Å². The number of hydrogen-bond donors (Lipinski definition) is 1. The third-order valence-corrected chi connectivity index (χ3v) is 6.27. The molecule has 1 N–H and O–H groups in total. The van der Waals surface area contributed by atoms with E-state index in [1.807, 2.05) is 24.3 Å². The molecule has 1 aromatic heterocycles. The van der Waals surface area contributed by atoms with Crippen LogP contribution in [0.15, 0.2) is 29.8 Å². The third-order valence-electron chi connectivity index (χ3n) is 5.10. The summed E-state index contributed by atoms with van der Waals surface area (Å²) in [6.07, 6.45) is 4.54. The average Bonchev–Trinajstić information content (AvgIpc) is 3.07. The summed E-state index contributed by atoms with van der Waals surface area (Å²) in [6, 6.07) is 9.60. The summed E-state index contributed by atoms with van der Waals surface area (Å²) in [5, 5.41) is 12.8. The minimum absolute atomic E-state index is 0.103. The summed E-state index contributed by atoms with van der Waals surface area (Å²) in [5.41, 5.74) is 2.74. The van der Waals surface area contributed by atoms with Crippen LogP contribution in [0.5, 0.6) is 5.75 Å². The fourth-order valence-corrected chi connectivity index (χ4v) is 4.95. The molecule has 2 heterocycles. The highest BCUT2D eigenvalue weighted by Crippen LogP contribution is 2.39. The smallest absolute Gasteiger partial charge is 0.338 e. The van der Waals surface area contributed by atoms with E-state index in [-0.39, 0.29) is 6.61 Å². The van der Waals surface area contributed by atoms with Gasteiger partial charge < -0.3 is 14.8 Å². The Kier molecular flexibility index (Phi) is 5.36. The van der Waals surface area contributed by atoms with Crippen LogP contribution < -0.4 is 10.1 Å². The van der Waals surface area contributed by atoms with E-state index in [1.165, 1.54) is 11.3 Å². The zero-order valence-electron chi connectivity index (χ0n) is 16.0. The lowest BCUT2D eigenvalue weighted by Gasteiger charge is -2.17. The second-order valence-corrected chi connectivity index (χ2v) is 8.39. The maximum atomic E-state index is 12.3. The maximum absolute atomic E-state index is 12.3. The quantitative estimate of drug-likeness (QED) is 0.780. The van der Waals surface area contributed by atoms with Gasteiger partial charge in [0, 0.05) is 10.4 Å². The number of fused-ring (bicyclic) bond motifs is 2. The van der Waals surface area contributed by atoms with E-state index in [0.29, 0.717) is 27.8 Å². The molecule has 1 amide bonds. The number of esters is 1. The van der Waals surface area contributed by atoms with Gasteiger partial charge in [-0.2, -0.15) is 5.26 Å². The number of nitriles is 1. The molecule has 0 bridgehead atoms. The minimum atomic E-state index is -0.588. The molecule has 6 nitrogen and oxygen atoms in total. The Labute approximate surface area is 172 Å². The summed E-state index contributed by atoms with van der Waals surface area (Å²) < 4.78 is 10.7. The number of carbonyl (C=O) groups is 2. The topological polar surface area (TPSA) is 88.4 Å². The normalized spacial score (nSPS) is 17.1. The highest BCUT2D eigenvalue weighted by atomic mass is 32.1. The predicted molar refractivity (Wildman–Crippen MR) is 110 cm³/mol. The number of amides is 1. The first kappa shape index (κ1) is 19.2. The Morgan fingerprint density at radius 3 is 3.03 bits per heavy atom. The van der Waals surface area contributed by atoms with Gasteiger partial charge in [-0.15, -0.1) is 11.3 Å². The van der Waals surface area contributed by atoms with Crippen LogP contribution >= 0.6 is 11.3 Å². The van der Waals surface area contributed by atoms with E-state index >= 15 is 0 Å². The number of para-hydroxylation sites is 1. The van der Waals surface area contributed by atoms with Crippen molar-refractivity contribution in [2.24, 2.45) is 5.92 Å². The molecule has 0 saturated heterocycles. The van der Waals surface area contributed by atoms with Crippen LogP contribution in [0.3, 0.4) is 0 Å². The molecule has 0 fully saturated rings. The van der Waals surface area contributed by atoms with E-state index in [1.54, 1.807) is 6.08 Å². The Morgan fingerprint density at radius 1 is 1.38 bits per heavy atom. The number of rotatable bonds is 4. The van der Waals surface area contributed by atoms with Crippen LogP contribution in [-0.2, 0) is 27.2 Å². The van der Waals surface area contributed by atoms with E-state index < -0.39 is 18.5 Å². The predicted octanol–water partition coefficient (Wildman–Crippen LogP) is 3.70. The average molecular weight is 408 g/mol. The highest BCUT2D eigenvalue weighted by Gasteiger charge is 2.25. The molecule has 0 spiro atoms. The van der Waals surface area contributed by atoms with Crippen molar-refractivity contribution >= 4 is 34.3 Å². The molecule has 1 aliphatic heterocycles. The SMILES string of the molecule is C[C@H]1CCc2c(sc(NC(=O)COC(=O)C3=Cc4ccccc4OC3)c2C#N)C1. The summed E-state index contributed by atoms with van der Waals surface area (Å²) in [7, 11) is 0. The molecule has 29 heavy (non-hydrogen) atoms. The zero-order valence-corrected chi connectivity index (χ0v) is 16.8. The fraction of sp³-hybridized carbons (Fsp3) is 0.318. The highest BCUT2D eigenvalue weighted by molar-refractivity contribution is 7.16. The second kappa shape index (κ2) is 8.10. The molecular formula is C22H20N2O4S. The van der Waals surface area contributed by atoms with Crippen LogP contribution in [0.1, 0.15) is 34.9 Å². The van der Waals surface area contributed by atoms with Gasteiger partial charge in [0.15, 0.2) is 6.61 Å². The molecule has 1 atom stereocenters. The molecule has 4 rings (SSSR count). The lowest BCUT2D eigenvalue weighted by Crippen LogP contribution is -2.23. The lowest BCUT2D eigenvalue weighted by molar-refractivity contribution is -0.143. The van der Waals surface area contributed by atoms with Gasteiger partial charge >= 0.3 is 5.97 Å². The van der Waals surface area contributed by atoms with Crippen molar-refractivity contribution < 1.29 is 19.1 Å². The van der Waals surface area contributed by atoms with Crippen molar-refractivity contribution in [2.45, 2.75) is 26.2 Å². The van der Waals surface area contributed by atoms with Gasteiger partial charge in [0.25, 0.3) is 5.91 Å². The number of carbonyl (C=O) groups excluding carboxylic acids is 2. The van der Waals surface area contributed by atoms with E-state index in [4.69, 9.17) is 9.47 Å². The molecule has 1 aromatic carbocycles. The van der Waals surface area contributed by atoms with Gasteiger partial charge in [0.2, 0.25) is 0 Å². The number of thiophene rings is 1. The first-order valence-electron chi connectivity index (χ1n) is 9.49. The Morgan fingerprint density at radius 2 is 2.21 bits per heavy atom. The lowest BCUT2D eigenvalue weighted by atomic mass is 9.89. The minimum Gasteiger partial charge on any atom is -0.488 e. The van der Waals surface area contributed by atoms with E-state index in [9.17, 15) is 14.9 Å². The first-order valence-corrected chi connectivity index (χ1v) is 10.3. The van der Waals surface area contributed by atoms with Crippen LogP contribution in [0, 0.1) is 17.2 Å². The number of nitrogens with one attached hydrogen (secondary N) is 1. The van der Waals surface area contributed by atoms with Gasteiger partial charge in [-0.05, 0) is 42.9 Å². The zero-order chi connectivity index (χ0) is 20.4. The number of benzene rings is 1. The standard InChI is InChI=1S/C22H20N2O4S/c1-13-6-7-16-17(10-23)21(29-19(16)8-13)24-20(25)12-28-22(26)15-9-14-4-2-3-5-18(14)27-11-15/h2-5,9,13H,6-8,11-12H2,1H3,(H,24,25)/t13-/m0/s1. The number of ether oxygens (including phenoxy) is 2. The van der Waals surface area contributed by atoms with Gasteiger partial charge in [-0.25, -0.2) is 4.79 Å². The molecule has 1 aliphatic carbocycles. The molecule has 2 aromatic rings. The molecule has 7 heteroatoms. The number of hydrogen-bond acceptors (Lipinski definition) is 6.